The lowest BCUT2D eigenvalue weighted by Gasteiger charge is -2.36. The van der Waals surface area contributed by atoms with E-state index >= 15 is 0 Å². The van der Waals surface area contributed by atoms with Crippen molar-refractivity contribution < 1.29 is 18.0 Å². The lowest BCUT2D eigenvalue weighted by Crippen LogP contribution is -2.47. The van der Waals surface area contributed by atoms with Crippen molar-refractivity contribution in [2.24, 2.45) is 0 Å². The number of likely N-dealkylation sites (tertiary alicyclic amines) is 1. The van der Waals surface area contributed by atoms with E-state index in [9.17, 15) is 18.0 Å². The summed E-state index contributed by atoms with van der Waals surface area (Å²) in [5, 5.41) is 3.63. The smallest absolute Gasteiger partial charge is 0.382 e. The summed E-state index contributed by atoms with van der Waals surface area (Å²) in [5.41, 5.74) is 1.32. The molecule has 1 N–H and O–H groups in total. The molecule has 0 spiro atoms. The first-order valence-corrected chi connectivity index (χ1v) is 15.2. The van der Waals surface area contributed by atoms with Crippen LogP contribution in [0.5, 0.6) is 0 Å². The Morgan fingerprint density at radius 2 is 1.44 bits per heavy atom. The molecule has 0 unspecified atom stereocenters. The van der Waals surface area contributed by atoms with Gasteiger partial charge >= 0.3 is 6.18 Å². The van der Waals surface area contributed by atoms with E-state index in [1.54, 1.807) is 23.9 Å². The molecule has 0 aliphatic carbocycles. The van der Waals surface area contributed by atoms with Gasteiger partial charge in [0.15, 0.2) is 0 Å². The zero-order valence-electron chi connectivity index (χ0n) is 23.2. The Bertz CT molecular complexity index is 1240. The van der Waals surface area contributed by atoms with E-state index in [1.807, 2.05) is 23.1 Å². The van der Waals surface area contributed by atoms with Gasteiger partial charge in [-0.25, -0.2) is 0 Å². The Hall–Kier alpha value is -3.17. The highest BCUT2D eigenvalue weighted by Gasteiger charge is 2.30. The monoisotopic (exact) mass is 582 g/mol. The van der Waals surface area contributed by atoms with Crippen molar-refractivity contribution in [3.05, 3.63) is 84.4 Å². The summed E-state index contributed by atoms with van der Waals surface area (Å²) in [6.07, 6.45) is -1.05. The summed E-state index contributed by atoms with van der Waals surface area (Å²) in [4.78, 5) is 21.7. The molecule has 218 valence electrons. The van der Waals surface area contributed by atoms with Crippen LogP contribution in [0.3, 0.4) is 0 Å². The molecule has 9 heteroatoms. The van der Waals surface area contributed by atoms with E-state index in [1.165, 1.54) is 9.79 Å². The van der Waals surface area contributed by atoms with Gasteiger partial charge in [-0.1, -0.05) is 30.0 Å². The highest BCUT2D eigenvalue weighted by atomic mass is 32.2. The second-order valence-corrected chi connectivity index (χ2v) is 11.9. The van der Waals surface area contributed by atoms with Crippen molar-refractivity contribution >= 4 is 29.0 Å². The summed E-state index contributed by atoms with van der Waals surface area (Å²) in [6.45, 7) is 5.66. The van der Waals surface area contributed by atoms with E-state index in [-0.39, 0.29) is 5.91 Å². The van der Waals surface area contributed by atoms with E-state index in [4.69, 9.17) is 0 Å². The molecule has 0 atom stereocenters. The molecule has 3 aromatic carbocycles. The van der Waals surface area contributed by atoms with Gasteiger partial charge in [0.2, 0.25) is 5.91 Å². The lowest BCUT2D eigenvalue weighted by atomic mass is 10.0. The average Bonchev–Trinajstić information content (AvgIpc) is 2.99. The fraction of sp³-hybridized carbons (Fsp3) is 0.406. The Labute approximate surface area is 244 Å². The number of hydrogen-bond acceptors (Lipinski definition) is 5. The number of alkyl halides is 3. The normalized spacial score (nSPS) is 17.0. The second-order valence-electron chi connectivity index (χ2n) is 10.7. The fourth-order valence-electron chi connectivity index (χ4n) is 5.46. The Morgan fingerprint density at radius 1 is 0.805 bits per heavy atom. The maximum Gasteiger partial charge on any atom is 0.416 e. The van der Waals surface area contributed by atoms with Gasteiger partial charge in [0.05, 0.1) is 5.56 Å². The molecule has 3 aromatic rings. The zero-order chi connectivity index (χ0) is 28.7. The molecule has 0 radical (unpaired) electrons. The van der Waals surface area contributed by atoms with Crippen LogP contribution in [-0.4, -0.2) is 67.6 Å². The third-order valence-electron chi connectivity index (χ3n) is 7.85. The van der Waals surface area contributed by atoms with E-state index in [0.717, 1.165) is 88.6 Å². The molecule has 41 heavy (non-hydrogen) atoms. The molecule has 2 aliphatic rings. The molecule has 2 saturated heterocycles. The molecule has 5 nitrogen and oxygen atoms in total. The van der Waals surface area contributed by atoms with Crippen molar-refractivity contribution in [3.63, 3.8) is 0 Å². The average molecular weight is 583 g/mol. The first-order valence-electron chi connectivity index (χ1n) is 14.4. The van der Waals surface area contributed by atoms with Gasteiger partial charge in [0.25, 0.3) is 0 Å². The molecule has 2 heterocycles. The van der Waals surface area contributed by atoms with Gasteiger partial charge < -0.3 is 15.1 Å². The number of benzene rings is 3. The summed E-state index contributed by atoms with van der Waals surface area (Å²) in [7, 11) is 0. The quantitative estimate of drug-likeness (QED) is 0.298. The van der Waals surface area contributed by atoms with Crippen molar-refractivity contribution in [2.75, 3.05) is 56.0 Å². The van der Waals surface area contributed by atoms with Crippen LogP contribution in [0, 0.1) is 0 Å². The Kier molecular flexibility index (Phi) is 9.77. The van der Waals surface area contributed by atoms with Gasteiger partial charge in [-0.3, -0.25) is 9.69 Å². The summed E-state index contributed by atoms with van der Waals surface area (Å²) < 4.78 is 38.5. The fourth-order valence-corrected chi connectivity index (χ4v) is 6.29. The summed E-state index contributed by atoms with van der Waals surface area (Å²) in [6, 6.07) is 24.7. The molecular weight excluding hydrogens is 545 g/mol. The van der Waals surface area contributed by atoms with Gasteiger partial charge in [-0.15, -0.1) is 0 Å². The lowest BCUT2D eigenvalue weighted by molar-refractivity contribution is -0.137. The second kappa shape index (κ2) is 13.7. The van der Waals surface area contributed by atoms with Crippen molar-refractivity contribution in [1.29, 1.82) is 0 Å². The number of halogens is 3. The number of piperidine rings is 1. The number of hydrogen-bond donors (Lipinski definition) is 1. The molecule has 5 rings (SSSR count). The maximum atomic E-state index is 12.8. The zero-order valence-corrected chi connectivity index (χ0v) is 24.0. The predicted octanol–water partition coefficient (Wildman–Crippen LogP) is 6.86. The molecular formula is C32H37F3N4OS. The molecule has 2 aliphatic heterocycles. The van der Waals surface area contributed by atoms with E-state index in [2.05, 4.69) is 51.5 Å². The van der Waals surface area contributed by atoms with Gasteiger partial charge in [-0.05, 0) is 86.5 Å². The van der Waals surface area contributed by atoms with Crippen LogP contribution in [0.2, 0.25) is 0 Å². The standard InChI is InChI=1S/C32H37F3N4OS/c33-32(34,35)25-8-12-28(13-9-25)38-23-21-37(22-24-38)18-4-7-31(40)39-19-16-27(17-20-39)36-26-10-14-30(15-11-26)41-29-5-2-1-3-6-29/h1-3,5-6,8-15,27,36H,4,7,16-24H2. The van der Waals surface area contributed by atoms with Crippen LogP contribution in [0.15, 0.2) is 88.7 Å². The number of rotatable bonds is 9. The molecule has 0 aromatic heterocycles. The maximum absolute atomic E-state index is 12.8. The first-order chi connectivity index (χ1) is 19.8. The minimum atomic E-state index is -4.31. The van der Waals surface area contributed by atoms with Gasteiger partial charge in [0.1, 0.15) is 0 Å². The van der Waals surface area contributed by atoms with Crippen LogP contribution >= 0.6 is 11.8 Å². The van der Waals surface area contributed by atoms with Crippen molar-refractivity contribution in [3.8, 4) is 0 Å². The number of carbonyl (C=O) groups excluding carboxylic acids is 1. The summed E-state index contributed by atoms with van der Waals surface area (Å²) in [5.74, 6) is 0.231. The number of nitrogens with zero attached hydrogens (tertiary/aromatic N) is 3. The highest BCUT2D eigenvalue weighted by molar-refractivity contribution is 7.99. The minimum Gasteiger partial charge on any atom is -0.382 e. The predicted molar refractivity (Wildman–Crippen MR) is 160 cm³/mol. The van der Waals surface area contributed by atoms with Crippen LogP contribution < -0.4 is 10.2 Å². The Morgan fingerprint density at radius 3 is 2.07 bits per heavy atom. The Balaban J connectivity index is 0.966. The van der Waals surface area contributed by atoms with Gasteiger partial charge in [0, 0.05) is 72.9 Å². The van der Waals surface area contributed by atoms with Crippen LogP contribution in [-0.2, 0) is 11.0 Å². The van der Waals surface area contributed by atoms with Crippen LogP contribution in [0.1, 0.15) is 31.2 Å². The van der Waals surface area contributed by atoms with E-state index < -0.39 is 11.7 Å². The third kappa shape index (κ3) is 8.42. The molecule has 0 saturated carbocycles. The van der Waals surface area contributed by atoms with Crippen LogP contribution in [0.4, 0.5) is 24.5 Å². The van der Waals surface area contributed by atoms with Crippen LogP contribution in [0.25, 0.3) is 0 Å². The topological polar surface area (TPSA) is 38.8 Å². The molecule has 1 amide bonds. The highest BCUT2D eigenvalue weighted by Crippen LogP contribution is 2.31. The number of carbonyl (C=O) groups is 1. The number of anilines is 2. The number of amides is 1. The number of nitrogens with one attached hydrogen (secondary N) is 1. The summed E-state index contributed by atoms with van der Waals surface area (Å²) >= 11 is 1.75. The minimum absolute atomic E-state index is 0.231. The third-order valence-corrected chi connectivity index (χ3v) is 8.86. The van der Waals surface area contributed by atoms with E-state index in [0.29, 0.717) is 12.5 Å². The van der Waals surface area contributed by atoms with Crippen molar-refractivity contribution in [2.45, 2.75) is 47.7 Å². The first kappa shape index (κ1) is 29.3. The largest absolute Gasteiger partial charge is 0.416 e. The van der Waals surface area contributed by atoms with Gasteiger partial charge in [-0.2, -0.15) is 13.2 Å². The SMILES string of the molecule is O=C(CCCN1CCN(c2ccc(C(F)(F)F)cc2)CC1)N1CCC(Nc2ccc(Sc3ccccc3)cc2)CC1. The molecule has 0 bridgehead atoms. The van der Waals surface area contributed by atoms with Crippen molar-refractivity contribution in [1.82, 2.24) is 9.80 Å². The molecule has 2 fully saturated rings. The number of piperazine rings is 1.